The van der Waals surface area contributed by atoms with E-state index in [1.54, 1.807) is 24.3 Å². The molecular formula is C12H17Br2NO2S. The van der Waals surface area contributed by atoms with Crippen molar-refractivity contribution in [3.8, 4) is 0 Å². The zero-order valence-corrected chi connectivity index (χ0v) is 14.4. The largest absolute Gasteiger partial charge is 0.240 e. The summed E-state index contributed by atoms with van der Waals surface area (Å²) < 4.78 is 27.6. The van der Waals surface area contributed by atoms with Gasteiger partial charge in [0.25, 0.3) is 0 Å². The maximum Gasteiger partial charge on any atom is 0.240 e. The van der Waals surface area contributed by atoms with E-state index in [0.717, 1.165) is 16.2 Å². The Labute approximate surface area is 126 Å². The van der Waals surface area contributed by atoms with Crippen LogP contribution in [0.5, 0.6) is 0 Å². The van der Waals surface area contributed by atoms with E-state index in [0.29, 0.717) is 11.4 Å². The van der Waals surface area contributed by atoms with E-state index in [1.165, 1.54) is 0 Å². The summed E-state index contributed by atoms with van der Waals surface area (Å²) in [5.74, 6) is 0. The second-order valence-corrected chi connectivity index (χ2v) is 8.36. The summed E-state index contributed by atoms with van der Waals surface area (Å²) in [5.41, 5.74) is -0.0636. The van der Waals surface area contributed by atoms with Gasteiger partial charge >= 0.3 is 0 Å². The Balaban J connectivity index is 2.74. The van der Waals surface area contributed by atoms with Crippen molar-refractivity contribution in [2.75, 3.05) is 11.9 Å². The van der Waals surface area contributed by atoms with Crippen LogP contribution in [-0.2, 0) is 10.0 Å². The molecule has 1 aromatic carbocycles. The fourth-order valence-corrected chi connectivity index (χ4v) is 3.91. The molecule has 0 aliphatic carbocycles. The summed E-state index contributed by atoms with van der Waals surface area (Å²) in [6, 6.07) is 6.62. The lowest BCUT2D eigenvalue weighted by Gasteiger charge is -2.23. The molecule has 0 atom stereocenters. The van der Waals surface area contributed by atoms with Gasteiger partial charge in [-0.25, -0.2) is 13.1 Å². The third kappa shape index (κ3) is 4.99. The van der Waals surface area contributed by atoms with E-state index in [-0.39, 0.29) is 5.41 Å². The maximum atomic E-state index is 12.1. The molecule has 0 fully saturated rings. The number of benzene rings is 1. The summed E-state index contributed by atoms with van der Waals surface area (Å²) in [4.78, 5) is 0.292. The standard InChI is InChI=1S/C12H17Br2NO2S/c1-12(2,7-8-13)9-15-18(16,17)11-5-3-10(14)4-6-11/h3-6,15H,7-9H2,1-2H3. The minimum atomic E-state index is -3.41. The van der Waals surface area contributed by atoms with Gasteiger partial charge in [0.1, 0.15) is 0 Å². The molecule has 1 aromatic rings. The minimum absolute atomic E-state index is 0.0636. The third-order valence-corrected chi connectivity index (χ3v) is 4.98. The molecular weight excluding hydrogens is 382 g/mol. The summed E-state index contributed by atoms with van der Waals surface area (Å²) in [6.07, 6.45) is 0.913. The van der Waals surface area contributed by atoms with Crippen molar-refractivity contribution in [1.82, 2.24) is 4.72 Å². The van der Waals surface area contributed by atoms with Crippen LogP contribution in [0, 0.1) is 5.41 Å². The van der Waals surface area contributed by atoms with Crippen molar-refractivity contribution in [2.45, 2.75) is 25.2 Å². The van der Waals surface area contributed by atoms with Gasteiger partial charge in [-0.1, -0.05) is 45.7 Å². The molecule has 102 valence electrons. The smallest absolute Gasteiger partial charge is 0.211 e. The highest BCUT2D eigenvalue weighted by atomic mass is 79.9. The second-order valence-electron chi connectivity index (χ2n) is 4.88. The van der Waals surface area contributed by atoms with Crippen LogP contribution in [0.4, 0.5) is 0 Å². The van der Waals surface area contributed by atoms with Crippen LogP contribution in [-0.4, -0.2) is 20.3 Å². The summed E-state index contributed by atoms with van der Waals surface area (Å²) in [6.45, 7) is 4.51. The molecule has 0 aromatic heterocycles. The number of hydrogen-bond donors (Lipinski definition) is 1. The van der Waals surface area contributed by atoms with Gasteiger partial charge in [-0.2, -0.15) is 0 Å². The highest BCUT2D eigenvalue weighted by molar-refractivity contribution is 9.10. The second kappa shape index (κ2) is 6.50. The van der Waals surface area contributed by atoms with Crippen LogP contribution in [0.1, 0.15) is 20.3 Å². The first-order valence-corrected chi connectivity index (χ1v) is 8.98. The number of halogens is 2. The van der Waals surface area contributed by atoms with Crippen molar-refractivity contribution in [3.63, 3.8) is 0 Å². The van der Waals surface area contributed by atoms with E-state index >= 15 is 0 Å². The molecule has 1 rings (SSSR count). The first-order chi connectivity index (χ1) is 8.27. The lowest BCUT2D eigenvalue weighted by atomic mass is 9.91. The molecule has 3 nitrogen and oxygen atoms in total. The molecule has 18 heavy (non-hydrogen) atoms. The molecule has 0 unspecified atom stereocenters. The van der Waals surface area contributed by atoms with Crippen molar-refractivity contribution in [2.24, 2.45) is 5.41 Å². The number of sulfonamides is 1. The van der Waals surface area contributed by atoms with Crippen LogP contribution >= 0.6 is 31.9 Å². The van der Waals surface area contributed by atoms with E-state index in [4.69, 9.17) is 0 Å². The SMILES string of the molecule is CC(C)(CCBr)CNS(=O)(=O)c1ccc(Br)cc1. The van der Waals surface area contributed by atoms with Crippen LogP contribution in [0.3, 0.4) is 0 Å². The van der Waals surface area contributed by atoms with Crippen molar-refractivity contribution in [3.05, 3.63) is 28.7 Å². The molecule has 0 heterocycles. The van der Waals surface area contributed by atoms with Gasteiger partial charge in [-0.05, 0) is 36.1 Å². The van der Waals surface area contributed by atoms with Crippen LogP contribution < -0.4 is 4.72 Å². The van der Waals surface area contributed by atoms with Gasteiger partial charge in [0.15, 0.2) is 0 Å². The average molecular weight is 399 g/mol. The fourth-order valence-electron chi connectivity index (χ4n) is 1.33. The third-order valence-electron chi connectivity index (χ3n) is 2.64. The lowest BCUT2D eigenvalue weighted by molar-refractivity contribution is 0.354. The summed E-state index contributed by atoms with van der Waals surface area (Å²) in [5, 5.41) is 0.861. The molecule has 0 saturated heterocycles. The molecule has 0 aliphatic heterocycles. The highest BCUT2D eigenvalue weighted by Gasteiger charge is 2.21. The molecule has 0 radical (unpaired) electrons. The molecule has 0 saturated carbocycles. The lowest BCUT2D eigenvalue weighted by Crippen LogP contribution is -2.34. The number of alkyl halides is 1. The van der Waals surface area contributed by atoms with Crippen molar-refractivity contribution in [1.29, 1.82) is 0 Å². The molecule has 0 aliphatic rings. The molecule has 1 N–H and O–H groups in total. The Morgan fingerprint density at radius 2 is 1.78 bits per heavy atom. The van der Waals surface area contributed by atoms with E-state index in [9.17, 15) is 8.42 Å². The van der Waals surface area contributed by atoms with Gasteiger partial charge < -0.3 is 0 Å². The Morgan fingerprint density at radius 1 is 1.22 bits per heavy atom. The van der Waals surface area contributed by atoms with E-state index in [1.807, 2.05) is 13.8 Å². The first-order valence-electron chi connectivity index (χ1n) is 5.58. The average Bonchev–Trinajstić information content (AvgIpc) is 2.27. The Kier molecular flexibility index (Phi) is 5.83. The van der Waals surface area contributed by atoms with Crippen molar-refractivity contribution >= 4 is 41.9 Å². The van der Waals surface area contributed by atoms with Crippen LogP contribution in [0.15, 0.2) is 33.6 Å². The van der Waals surface area contributed by atoms with Gasteiger partial charge in [-0.3, -0.25) is 0 Å². The maximum absolute atomic E-state index is 12.1. The predicted molar refractivity (Wildman–Crippen MR) is 81.5 cm³/mol. The fraction of sp³-hybridized carbons (Fsp3) is 0.500. The highest BCUT2D eigenvalue weighted by Crippen LogP contribution is 2.21. The zero-order valence-electron chi connectivity index (χ0n) is 10.4. The number of rotatable bonds is 6. The molecule has 0 spiro atoms. The zero-order chi connectivity index (χ0) is 13.8. The van der Waals surface area contributed by atoms with Gasteiger partial charge in [0.2, 0.25) is 10.0 Å². The number of hydrogen-bond acceptors (Lipinski definition) is 2. The van der Waals surface area contributed by atoms with Gasteiger partial charge in [0.05, 0.1) is 4.90 Å². The molecule has 0 amide bonds. The summed E-state index contributed by atoms with van der Waals surface area (Å²) >= 11 is 6.66. The van der Waals surface area contributed by atoms with Crippen molar-refractivity contribution < 1.29 is 8.42 Å². The quantitative estimate of drug-likeness (QED) is 0.745. The minimum Gasteiger partial charge on any atom is -0.211 e. The normalized spacial score (nSPS) is 12.7. The topological polar surface area (TPSA) is 46.2 Å². The van der Waals surface area contributed by atoms with Crippen LogP contribution in [0.25, 0.3) is 0 Å². The summed E-state index contributed by atoms with van der Waals surface area (Å²) in [7, 11) is -3.41. The monoisotopic (exact) mass is 397 g/mol. The van der Waals surface area contributed by atoms with E-state index in [2.05, 4.69) is 36.6 Å². The molecule has 0 bridgehead atoms. The Bertz CT molecular complexity index is 483. The van der Waals surface area contributed by atoms with Gasteiger partial charge in [-0.15, -0.1) is 0 Å². The number of nitrogens with one attached hydrogen (secondary N) is 1. The Morgan fingerprint density at radius 3 is 2.28 bits per heavy atom. The Hall–Kier alpha value is 0.0900. The van der Waals surface area contributed by atoms with Crippen LogP contribution in [0.2, 0.25) is 0 Å². The first kappa shape index (κ1) is 16.1. The molecule has 6 heteroatoms. The van der Waals surface area contributed by atoms with Gasteiger partial charge in [0, 0.05) is 16.3 Å². The predicted octanol–water partition coefficient (Wildman–Crippen LogP) is 3.54. The van der Waals surface area contributed by atoms with E-state index < -0.39 is 10.0 Å².